The molecule has 0 heterocycles. The first-order valence-electron chi connectivity index (χ1n) is 6.70. The minimum atomic E-state index is -0.358. The molecule has 0 saturated carbocycles. The summed E-state index contributed by atoms with van der Waals surface area (Å²) in [6.45, 7) is 5.93. The van der Waals surface area contributed by atoms with Crippen molar-refractivity contribution < 1.29 is 9.53 Å². The third-order valence-corrected chi connectivity index (χ3v) is 3.08. The normalized spacial score (nSPS) is 10.1. The summed E-state index contributed by atoms with van der Waals surface area (Å²) >= 11 is 0. The zero-order chi connectivity index (χ0) is 14.4. The Morgan fingerprint density at radius 2 is 1.60 bits per heavy atom. The van der Waals surface area contributed by atoms with Gasteiger partial charge in [-0.05, 0) is 30.0 Å². The van der Waals surface area contributed by atoms with Crippen LogP contribution < -0.4 is 0 Å². The molecule has 0 atom stereocenters. The van der Waals surface area contributed by atoms with Crippen LogP contribution in [0, 0.1) is 0 Å². The molecule has 2 heteroatoms. The lowest BCUT2D eigenvalue weighted by molar-refractivity contribution is -0.136. The van der Waals surface area contributed by atoms with E-state index in [1.807, 2.05) is 42.5 Å². The van der Waals surface area contributed by atoms with Crippen molar-refractivity contribution in [3.8, 4) is 0 Å². The first-order chi connectivity index (χ1) is 9.70. The minimum Gasteiger partial charge on any atom is -0.462 e. The summed E-state index contributed by atoms with van der Waals surface area (Å²) in [6, 6.07) is 18.2. The Morgan fingerprint density at radius 3 is 2.20 bits per heavy atom. The molecule has 0 amide bonds. The molecule has 0 unspecified atom stereocenters. The van der Waals surface area contributed by atoms with Crippen molar-refractivity contribution in [2.24, 2.45) is 0 Å². The summed E-state index contributed by atoms with van der Waals surface area (Å²) in [7, 11) is 0. The lowest BCUT2D eigenvalue weighted by atomic mass is 10.0. The second-order valence-electron chi connectivity index (χ2n) is 4.56. The maximum absolute atomic E-state index is 11.6. The highest BCUT2D eigenvalue weighted by molar-refractivity contribution is 6.15. The molecule has 0 spiro atoms. The zero-order valence-electron chi connectivity index (χ0n) is 11.6. The highest BCUT2D eigenvalue weighted by Crippen LogP contribution is 2.17. The van der Waals surface area contributed by atoms with E-state index in [4.69, 9.17) is 4.74 Å². The molecule has 20 heavy (non-hydrogen) atoms. The van der Waals surface area contributed by atoms with Crippen LogP contribution in [-0.4, -0.2) is 12.6 Å². The molecule has 0 radical (unpaired) electrons. The number of hydrogen-bond donors (Lipinski definition) is 0. The zero-order valence-corrected chi connectivity index (χ0v) is 11.6. The maximum atomic E-state index is 11.6. The molecule has 0 aliphatic heterocycles. The number of carbonyl (C=O) groups excluding carboxylic acids is 1. The topological polar surface area (TPSA) is 26.3 Å². The predicted octanol–water partition coefficient (Wildman–Crippen LogP) is 3.85. The third kappa shape index (κ3) is 3.58. The molecule has 0 N–H and O–H groups in total. The van der Waals surface area contributed by atoms with E-state index < -0.39 is 0 Å². The molecule has 0 aliphatic rings. The highest BCUT2D eigenvalue weighted by atomic mass is 16.5. The van der Waals surface area contributed by atoms with Crippen LogP contribution in [0.3, 0.4) is 0 Å². The fourth-order valence-electron chi connectivity index (χ4n) is 1.99. The fourth-order valence-corrected chi connectivity index (χ4v) is 1.99. The van der Waals surface area contributed by atoms with Gasteiger partial charge in [0, 0.05) is 0 Å². The molecule has 2 rings (SSSR count). The van der Waals surface area contributed by atoms with Crippen LogP contribution in [0.1, 0.15) is 23.6 Å². The quantitative estimate of drug-likeness (QED) is 0.607. The van der Waals surface area contributed by atoms with Crippen molar-refractivity contribution in [2.45, 2.75) is 13.3 Å². The lowest BCUT2D eigenvalue weighted by Gasteiger charge is -2.07. The Morgan fingerprint density at radius 1 is 1.00 bits per heavy atom. The molecule has 2 aromatic carbocycles. The van der Waals surface area contributed by atoms with Gasteiger partial charge in [-0.1, -0.05) is 61.2 Å². The fraction of sp³-hybridized carbons (Fsp3) is 0.167. The van der Waals surface area contributed by atoms with Gasteiger partial charge in [-0.25, -0.2) is 4.79 Å². The van der Waals surface area contributed by atoms with Gasteiger partial charge in [0.05, 0.1) is 12.2 Å². The van der Waals surface area contributed by atoms with E-state index in [-0.39, 0.29) is 5.97 Å². The summed E-state index contributed by atoms with van der Waals surface area (Å²) in [5, 5.41) is 0. The molecule has 0 aliphatic carbocycles. The van der Waals surface area contributed by atoms with Crippen molar-refractivity contribution in [3.05, 3.63) is 77.9 Å². The largest absolute Gasteiger partial charge is 0.462 e. The van der Waals surface area contributed by atoms with Gasteiger partial charge in [0.2, 0.25) is 0 Å². The van der Waals surface area contributed by atoms with Crippen LogP contribution in [0.25, 0.3) is 5.57 Å². The average molecular weight is 266 g/mol. The maximum Gasteiger partial charge on any atom is 0.338 e. The molecular weight excluding hydrogens is 248 g/mol. The summed E-state index contributed by atoms with van der Waals surface area (Å²) in [4.78, 5) is 11.6. The van der Waals surface area contributed by atoms with Gasteiger partial charge in [0.15, 0.2) is 0 Å². The van der Waals surface area contributed by atoms with E-state index in [2.05, 4.69) is 18.7 Å². The molecule has 0 aromatic heterocycles. The Hall–Kier alpha value is -2.35. The van der Waals surface area contributed by atoms with E-state index in [1.54, 1.807) is 6.92 Å². The van der Waals surface area contributed by atoms with Gasteiger partial charge in [-0.3, -0.25) is 0 Å². The third-order valence-electron chi connectivity index (χ3n) is 3.08. The van der Waals surface area contributed by atoms with Gasteiger partial charge in [-0.15, -0.1) is 0 Å². The first-order valence-corrected chi connectivity index (χ1v) is 6.70. The second-order valence-corrected chi connectivity index (χ2v) is 4.56. The number of esters is 1. The van der Waals surface area contributed by atoms with Crippen LogP contribution in [0.4, 0.5) is 0 Å². The highest BCUT2D eigenvalue weighted by Gasteiger charge is 2.09. The Balaban J connectivity index is 2.07. The number of benzene rings is 2. The Labute approximate surface area is 119 Å². The van der Waals surface area contributed by atoms with Crippen molar-refractivity contribution in [3.63, 3.8) is 0 Å². The first kappa shape index (κ1) is 14.1. The van der Waals surface area contributed by atoms with E-state index in [1.165, 1.54) is 11.1 Å². The van der Waals surface area contributed by atoms with Crippen molar-refractivity contribution >= 4 is 11.5 Å². The van der Waals surface area contributed by atoms with E-state index >= 15 is 0 Å². The second kappa shape index (κ2) is 6.71. The number of hydrogen-bond acceptors (Lipinski definition) is 2. The molecule has 0 saturated heterocycles. The SMILES string of the molecule is C=C(C(=O)OCC)c1ccc(Cc2ccccc2)cc1. The van der Waals surface area contributed by atoms with Crippen LogP contribution >= 0.6 is 0 Å². The molecule has 2 aromatic rings. The van der Waals surface area contributed by atoms with E-state index in [0.717, 1.165) is 12.0 Å². The number of carbonyl (C=O) groups is 1. The van der Waals surface area contributed by atoms with Crippen LogP contribution in [0.5, 0.6) is 0 Å². The van der Waals surface area contributed by atoms with Crippen LogP contribution in [-0.2, 0) is 16.0 Å². The van der Waals surface area contributed by atoms with Gasteiger partial charge in [-0.2, -0.15) is 0 Å². The van der Waals surface area contributed by atoms with Crippen molar-refractivity contribution in [1.29, 1.82) is 0 Å². The Kier molecular flexibility index (Phi) is 4.72. The van der Waals surface area contributed by atoms with E-state index in [0.29, 0.717) is 12.2 Å². The van der Waals surface area contributed by atoms with E-state index in [9.17, 15) is 4.79 Å². The molecule has 0 bridgehead atoms. The van der Waals surface area contributed by atoms with Crippen LogP contribution in [0.2, 0.25) is 0 Å². The van der Waals surface area contributed by atoms with Gasteiger partial charge in [0.25, 0.3) is 0 Å². The van der Waals surface area contributed by atoms with Crippen molar-refractivity contribution in [2.75, 3.05) is 6.61 Å². The molecule has 0 fully saturated rings. The van der Waals surface area contributed by atoms with Gasteiger partial charge in [0.1, 0.15) is 0 Å². The summed E-state index contributed by atoms with van der Waals surface area (Å²) < 4.78 is 4.95. The summed E-state index contributed by atoms with van der Waals surface area (Å²) in [6.07, 6.45) is 0.882. The van der Waals surface area contributed by atoms with Gasteiger partial charge >= 0.3 is 5.97 Å². The molecule has 2 nitrogen and oxygen atoms in total. The Bertz CT molecular complexity index is 583. The van der Waals surface area contributed by atoms with Gasteiger partial charge < -0.3 is 4.74 Å². The minimum absolute atomic E-state index is 0.358. The number of rotatable bonds is 5. The lowest BCUT2D eigenvalue weighted by Crippen LogP contribution is -2.05. The van der Waals surface area contributed by atoms with Crippen molar-refractivity contribution in [1.82, 2.24) is 0 Å². The summed E-state index contributed by atoms with van der Waals surface area (Å²) in [5.41, 5.74) is 3.68. The average Bonchev–Trinajstić information content (AvgIpc) is 2.48. The summed E-state index contributed by atoms with van der Waals surface area (Å²) in [5.74, 6) is -0.358. The standard InChI is InChI=1S/C18H18O2/c1-3-20-18(19)14(2)17-11-9-16(10-12-17)13-15-7-5-4-6-8-15/h4-12H,2-3,13H2,1H3. The predicted molar refractivity (Wildman–Crippen MR) is 81.4 cm³/mol. The number of ether oxygens (including phenoxy) is 1. The molecule has 102 valence electrons. The molecular formula is C18H18O2. The smallest absolute Gasteiger partial charge is 0.338 e. The van der Waals surface area contributed by atoms with Crippen LogP contribution in [0.15, 0.2) is 61.2 Å². The monoisotopic (exact) mass is 266 g/mol.